The van der Waals surface area contributed by atoms with Gasteiger partial charge in [0, 0.05) is 17.5 Å². The van der Waals surface area contributed by atoms with E-state index in [1.165, 1.54) is 12.1 Å². The third-order valence-corrected chi connectivity index (χ3v) is 6.88. The van der Waals surface area contributed by atoms with E-state index in [0.29, 0.717) is 16.8 Å². The van der Waals surface area contributed by atoms with E-state index in [1.54, 1.807) is 42.5 Å². The fourth-order valence-electron chi connectivity index (χ4n) is 3.24. The van der Waals surface area contributed by atoms with Crippen molar-refractivity contribution in [2.24, 2.45) is 5.73 Å². The maximum absolute atomic E-state index is 11.8. The molecular formula is C21H16N2O5S2. The molecule has 9 heteroatoms. The highest BCUT2D eigenvalue weighted by Crippen LogP contribution is 2.36. The zero-order valence-electron chi connectivity index (χ0n) is 15.7. The van der Waals surface area contributed by atoms with E-state index >= 15 is 0 Å². The molecule has 0 bridgehead atoms. The Morgan fingerprint density at radius 1 is 1.00 bits per heavy atom. The molecule has 1 amide bonds. The first-order valence-electron chi connectivity index (χ1n) is 8.74. The Morgan fingerprint density at radius 2 is 1.63 bits per heavy atom. The van der Waals surface area contributed by atoms with Crippen LogP contribution in [0.1, 0.15) is 20.0 Å². The summed E-state index contributed by atoms with van der Waals surface area (Å²) < 4.78 is 26.2. The van der Waals surface area contributed by atoms with Gasteiger partial charge in [-0.05, 0) is 54.1 Å². The summed E-state index contributed by atoms with van der Waals surface area (Å²) in [6.45, 7) is 0. The normalized spacial score (nSPS) is 11.6. The molecule has 0 aliphatic heterocycles. The number of sulfone groups is 1. The maximum Gasteiger partial charge on any atom is 0.345 e. The molecule has 0 atom stereocenters. The van der Waals surface area contributed by atoms with Gasteiger partial charge in [0.2, 0.25) is 5.91 Å². The molecule has 0 unspecified atom stereocenters. The van der Waals surface area contributed by atoms with Crippen molar-refractivity contribution in [1.82, 2.24) is 4.57 Å². The fraction of sp³-hybridized carbons (Fsp3) is 0.0476. The number of thiophene rings is 1. The number of aromatic nitrogens is 1. The van der Waals surface area contributed by atoms with Crippen molar-refractivity contribution >= 4 is 43.3 Å². The van der Waals surface area contributed by atoms with Crippen LogP contribution in [-0.2, 0) is 9.84 Å². The number of hydrogen-bond acceptors (Lipinski definition) is 5. The Hall–Kier alpha value is -3.43. The minimum absolute atomic E-state index is 0.210. The number of nitrogens with zero attached hydrogens (tertiary/aromatic N) is 1. The standard InChI is InChI=1S/C21H16N2O5S2/c1-30(27,28)15-8-4-12(5-9-15)16-10-18-17(11-19(29-18)21(25)26)23(16)14-6-2-13(3-7-14)20(22)24/h2-11H,1H3,(H2,22,24)(H,25,26). The number of fused-ring (bicyclic) bond motifs is 1. The second-order valence-electron chi connectivity index (χ2n) is 6.74. The van der Waals surface area contributed by atoms with Crippen molar-refractivity contribution in [2.75, 3.05) is 6.26 Å². The van der Waals surface area contributed by atoms with Gasteiger partial charge in [-0.1, -0.05) is 12.1 Å². The Labute approximate surface area is 175 Å². The second-order valence-corrected chi connectivity index (χ2v) is 9.84. The predicted molar refractivity (Wildman–Crippen MR) is 115 cm³/mol. The van der Waals surface area contributed by atoms with Gasteiger partial charge in [0.1, 0.15) is 4.88 Å². The van der Waals surface area contributed by atoms with Gasteiger partial charge < -0.3 is 15.4 Å². The molecule has 0 spiro atoms. The van der Waals surface area contributed by atoms with Crippen molar-refractivity contribution in [1.29, 1.82) is 0 Å². The quantitative estimate of drug-likeness (QED) is 0.492. The van der Waals surface area contributed by atoms with Crippen LogP contribution in [0.2, 0.25) is 0 Å². The summed E-state index contributed by atoms with van der Waals surface area (Å²) in [5.74, 6) is -1.55. The van der Waals surface area contributed by atoms with E-state index in [-0.39, 0.29) is 9.77 Å². The number of rotatable bonds is 5. The minimum atomic E-state index is -3.32. The first kappa shape index (κ1) is 19.9. The van der Waals surface area contributed by atoms with E-state index in [1.807, 2.05) is 10.6 Å². The van der Waals surface area contributed by atoms with Crippen molar-refractivity contribution in [3.63, 3.8) is 0 Å². The molecule has 4 aromatic rings. The summed E-state index contributed by atoms with van der Waals surface area (Å²) >= 11 is 1.15. The number of benzene rings is 2. The van der Waals surface area contributed by atoms with Crippen LogP contribution < -0.4 is 5.73 Å². The monoisotopic (exact) mass is 440 g/mol. The van der Waals surface area contributed by atoms with Crippen LogP contribution >= 0.6 is 11.3 Å². The lowest BCUT2D eigenvalue weighted by Gasteiger charge is -2.12. The predicted octanol–water partition coefficient (Wildman–Crippen LogP) is 3.56. The molecule has 7 nitrogen and oxygen atoms in total. The van der Waals surface area contributed by atoms with Crippen LogP contribution in [0.5, 0.6) is 0 Å². The summed E-state index contributed by atoms with van der Waals surface area (Å²) in [5, 5.41) is 9.35. The van der Waals surface area contributed by atoms with Gasteiger partial charge in [-0.3, -0.25) is 4.79 Å². The highest BCUT2D eigenvalue weighted by molar-refractivity contribution is 7.90. The first-order chi connectivity index (χ1) is 14.1. The Kier molecular flexibility index (Phi) is 4.71. The third kappa shape index (κ3) is 3.49. The van der Waals surface area contributed by atoms with Crippen LogP contribution in [-0.4, -0.2) is 36.2 Å². The molecule has 0 saturated carbocycles. The minimum Gasteiger partial charge on any atom is -0.477 e. The molecule has 0 aliphatic rings. The summed E-state index contributed by atoms with van der Waals surface area (Å²) in [6.07, 6.45) is 1.15. The zero-order chi connectivity index (χ0) is 21.6. The number of nitrogens with two attached hydrogens (primary N) is 1. The summed E-state index contributed by atoms with van der Waals surface area (Å²) in [4.78, 5) is 23.2. The number of aromatic carboxylic acids is 1. The molecule has 2 heterocycles. The van der Waals surface area contributed by atoms with Gasteiger partial charge >= 0.3 is 5.97 Å². The number of amides is 1. The molecular weight excluding hydrogens is 424 g/mol. The molecule has 4 rings (SSSR count). The highest BCUT2D eigenvalue weighted by atomic mass is 32.2. The van der Waals surface area contributed by atoms with Crippen LogP contribution in [0.15, 0.2) is 65.6 Å². The number of carbonyl (C=O) groups is 2. The van der Waals surface area contributed by atoms with Gasteiger partial charge in [-0.2, -0.15) is 0 Å². The van der Waals surface area contributed by atoms with Crippen molar-refractivity contribution < 1.29 is 23.1 Å². The number of carboxylic acids is 1. The van der Waals surface area contributed by atoms with Gasteiger partial charge in [-0.25, -0.2) is 13.2 Å². The molecule has 30 heavy (non-hydrogen) atoms. The molecule has 152 valence electrons. The second kappa shape index (κ2) is 7.12. The van der Waals surface area contributed by atoms with E-state index in [9.17, 15) is 23.1 Å². The SMILES string of the molecule is CS(=O)(=O)c1ccc(-c2cc3sc(C(=O)O)cc3n2-c2ccc(C(N)=O)cc2)cc1. The van der Waals surface area contributed by atoms with Crippen molar-refractivity contribution in [2.45, 2.75) is 4.90 Å². The fourth-order valence-corrected chi connectivity index (χ4v) is 4.79. The lowest BCUT2D eigenvalue weighted by molar-refractivity contribution is 0.0702. The van der Waals surface area contributed by atoms with Crippen LogP contribution in [0.3, 0.4) is 0 Å². The summed E-state index contributed by atoms with van der Waals surface area (Å²) in [5.41, 5.74) is 8.62. The van der Waals surface area contributed by atoms with Gasteiger partial charge in [0.05, 0.1) is 20.8 Å². The number of carboxylic acid groups (broad SMARTS) is 1. The third-order valence-electron chi connectivity index (χ3n) is 4.69. The zero-order valence-corrected chi connectivity index (χ0v) is 17.3. The average molecular weight is 441 g/mol. The van der Waals surface area contributed by atoms with Crippen LogP contribution in [0, 0.1) is 0 Å². The molecule has 0 radical (unpaired) electrons. The number of carbonyl (C=O) groups excluding carboxylic acids is 1. The van der Waals surface area contributed by atoms with E-state index in [0.717, 1.165) is 33.5 Å². The Morgan fingerprint density at radius 3 is 2.17 bits per heavy atom. The van der Waals surface area contributed by atoms with Crippen molar-refractivity contribution in [3.05, 3.63) is 71.1 Å². The van der Waals surface area contributed by atoms with E-state index in [2.05, 4.69) is 0 Å². The smallest absolute Gasteiger partial charge is 0.345 e. The highest BCUT2D eigenvalue weighted by Gasteiger charge is 2.18. The van der Waals surface area contributed by atoms with Crippen LogP contribution in [0.4, 0.5) is 0 Å². The lowest BCUT2D eigenvalue weighted by atomic mass is 10.1. The Balaban J connectivity index is 1.93. The maximum atomic E-state index is 11.8. The van der Waals surface area contributed by atoms with Gasteiger partial charge in [-0.15, -0.1) is 11.3 Å². The summed E-state index contributed by atoms with van der Waals surface area (Å²) in [7, 11) is -3.32. The van der Waals surface area contributed by atoms with Crippen molar-refractivity contribution in [3.8, 4) is 16.9 Å². The number of primary amides is 1. The average Bonchev–Trinajstić information content (AvgIpc) is 3.25. The molecule has 2 aromatic carbocycles. The number of hydrogen-bond donors (Lipinski definition) is 2. The van der Waals surface area contributed by atoms with Gasteiger partial charge in [0.15, 0.2) is 9.84 Å². The molecule has 3 N–H and O–H groups in total. The summed E-state index contributed by atoms with van der Waals surface area (Å²) in [6, 6.07) is 16.6. The van der Waals surface area contributed by atoms with Crippen LogP contribution in [0.25, 0.3) is 27.2 Å². The molecule has 2 aromatic heterocycles. The lowest BCUT2D eigenvalue weighted by Crippen LogP contribution is -2.10. The first-order valence-corrected chi connectivity index (χ1v) is 11.5. The topological polar surface area (TPSA) is 119 Å². The van der Waals surface area contributed by atoms with Gasteiger partial charge in [0.25, 0.3) is 0 Å². The Bertz CT molecular complexity index is 1400. The molecule has 0 aliphatic carbocycles. The largest absolute Gasteiger partial charge is 0.477 e. The molecule has 0 fully saturated rings. The van der Waals surface area contributed by atoms with E-state index < -0.39 is 21.7 Å². The van der Waals surface area contributed by atoms with E-state index in [4.69, 9.17) is 5.73 Å². The molecule has 0 saturated heterocycles.